The molecule has 0 atom stereocenters. The minimum atomic E-state index is -0.451. The summed E-state index contributed by atoms with van der Waals surface area (Å²) in [6.45, 7) is 3.83. The molecule has 1 aromatic carbocycles. The van der Waals surface area contributed by atoms with Crippen LogP contribution in [0.1, 0.15) is 16.8 Å². The predicted octanol–water partition coefficient (Wildman–Crippen LogP) is 2.46. The van der Waals surface area contributed by atoms with Gasteiger partial charge in [-0.25, -0.2) is 9.78 Å². The summed E-state index contributed by atoms with van der Waals surface area (Å²) in [6, 6.07) is 3.98. The highest BCUT2D eigenvalue weighted by molar-refractivity contribution is 5.86. The van der Waals surface area contributed by atoms with Gasteiger partial charge in [-0.3, -0.25) is 5.32 Å². The number of rotatable bonds is 3. The van der Waals surface area contributed by atoms with Crippen LogP contribution in [0.5, 0.6) is 0 Å². The first-order valence-electron chi connectivity index (χ1n) is 6.88. The van der Waals surface area contributed by atoms with E-state index in [-0.39, 0.29) is 0 Å². The van der Waals surface area contributed by atoms with Crippen molar-refractivity contribution in [1.29, 1.82) is 0 Å². The molecule has 0 radical (unpaired) electrons. The highest BCUT2D eigenvalue weighted by Gasteiger charge is 2.22. The van der Waals surface area contributed by atoms with Crippen LogP contribution in [-0.2, 0) is 17.7 Å². The number of benzene rings is 1. The quantitative estimate of drug-likeness (QED) is 0.909. The van der Waals surface area contributed by atoms with E-state index in [0.717, 1.165) is 36.6 Å². The van der Waals surface area contributed by atoms with Crippen LogP contribution in [0.2, 0.25) is 0 Å². The molecule has 110 valence electrons. The number of fused-ring (bicyclic) bond motifs is 1. The van der Waals surface area contributed by atoms with Crippen molar-refractivity contribution in [3.8, 4) is 0 Å². The Morgan fingerprint density at radius 2 is 2.38 bits per heavy atom. The average molecular weight is 286 g/mol. The van der Waals surface area contributed by atoms with Crippen molar-refractivity contribution in [2.45, 2.75) is 19.9 Å². The van der Waals surface area contributed by atoms with Gasteiger partial charge in [-0.2, -0.15) is 0 Å². The number of hydrogen-bond acceptors (Lipinski definition) is 4. The highest BCUT2D eigenvalue weighted by atomic mass is 16.5. The Bertz CT molecular complexity index is 652. The number of carbonyl (C=O) groups excluding carboxylic acids is 1. The lowest BCUT2D eigenvalue weighted by Gasteiger charge is -2.19. The Morgan fingerprint density at radius 1 is 1.52 bits per heavy atom. The molecular formula is C15H18N4O2. The summed E-state index contributed by atoms with van der Waals surface area (Å²) in [6.07, 6.45) is 4.09. The Kier molecular flexibility index (Phi) is 3.51. The molecule has 1 aliphatic heterocycles. The van der Waals surface area contributed by atoms with Crippen LogP contribution in [0.15, 0.2) is 24.7 Å². The maximum atomic E-state index is 11.4. The van der Waals surface area contributed by atoms with Crippen molar-refractivity contribution in [1.82, 2.24) is 9.97 Å². The number of H-pyrrole nitrogens is 1. The lowest BCUT2D eigenvalue weighted by atomic mass is 10.1. The first-order chi connectivity index (χ1) is 10.2. The fourth-order valence-corrected chi connectivity index (χ4v) is 2.76. The second kappa shape index (κ2) is 5.47. The van der Waals surface area contributed by atoms with Crippen LogP contribution in [0.25, 0.3) is 0 Å². The van der Waals surface area contributed by atoms with E-state index in [2.05, 4.69) is 31.8 Å². The number of methoxy groups -OCH3 is 1. The summed E-state index contributed by atoms with van der Waals surface area (Å²) in [5.74, 6) is 0. The lowest BCUT2D eigenvalue weighted by Crippen LogP contribution is -2.20. The third kappa shape index (κ3) is 2.69. The molecule has 0 unspecified atom stereocenters. The molecule has 6 nitrogen and oxygen atoms in total. The van der Waals surface area contributed by atoms with E-state index in [0.29, 0.717) is 0 Å². The maximum Gasteiger partial charge on any atom is 0.411 e. The minimum absolute atomic E-state index is 0.451. The Balaban J connectivity index is 1.87. The number of aromatic nitrogens is 2. The van der Waals surface area contributed by atoms with Crippen LogP contribution >= 0.6 is 0 Å². The van der Waals surface area contributed by atoms with Gasteiger partial charge in [0.25, 0.3) is 0 Å². The number of amides is 1. The number of hydrogen-bond donors (Lipinski definition) is 2. The fraction of sp³-hybridized carbons (Fsp3) is 0.333. The number of anilines is 2. The van der Waals surface area contributed by atoms with Crippen LogP contribution in [-0.4, -0.2) is 29.7 Å². The lowest BCUT2D eigenvalue weighted by molar-refractivity contribution is 0.187. The summed E-state index contributed by atoms with van der Waals surface area (Å²) in [5, 5.41) is 2.73. The number of nitrogens with zero attached hydrogens (tertiary/aromatic N) is 2. The number of aryl methyl sites for hydroxylation is 1. The normalized spacial score (nSPS) is 13.1. The van der Waals surface area contributed by atoms with Gasteiger partial charge in [-0.15, -0.1) is 0 Å². The Morgan fingerprint density at radius 3 is 3.10 bits per heavy atom. The standard InChI is InChI=1S/C15H18N4O2/c1-10-5-11(18-15(20)21-2)6-14-13(10)3-4-19(14)8-12-7-16-9-17-12/h5-7,9H,3-4,8H2,1-2H3,(H,16,17)(H,18,20). The molecule has 3 rings (SSSR count). The van der Waals surface area contributed by atoms with Crippen molar-refractivity contribution in [2.75, 3.05) is 23.9 Å². The molecular weight excluding hydrogens is 268 g/mol. The number of ether oxygens (including phenoxy) is 1. The second-order valence-electron chi connectivity index (χ2n) is 5.16. The van der Waals surface area contributed by atoms with Crippen molar-refractivity contribution in [3.05, 3.63) is 41.5 Å². The molecule has 2 N–H and O–H groups in total. The van der Waals surface area contributed by atoms with Crippen LogP contribution in [0.3, 0.4) is 0 Å². The second-order valence-corrected chi connectivity index (χ2v) is 5.16. The zero-order chi connectivity index (χ0) is 14.8. The average Bonchev–Trinajstić information content (AvgIpc) is 3.10. The third-order valence-electron chi connectivity index (χ3n) is 3.77. The topological polar surface area (TPSA) is 70.2 Å². The molecule has 6 heteroatoms. The Labute approximate surface area is 123 Å². The minimum Gasteiger partial charge on any atom is -0.453 e. The molecule has 0 saturated carbocycles. The van der Waals surface area contributed by atoms with Gasteiger partial charge in [0.05, 0.1) is 25.7 Å². The molecule has 0 fully saturated rings. The number of nitrogens with one attached hydrogen (secondary N) is 2. The van der Waals surface area contributed by atoms with E-state index in [4.69, 9.17) is 0 Å². The van der Waals surface area contributed by atoms with Crippen LogP contribution in [0.4, 0.5) is 16.2 Å². The van der Waals surface area contributed by atoms with Crippen LogP contribution in [0, 0.1) is 6.92 Å². The Hall–Kier alpha value is -2.50. The third-order valence-corrected chi connectivity index (χ3v) is 3.77. The molecule has 21 heavy (non-hydrogen) atoms. The maximum absolute atomic E-state index is 11.4. The molecule has 1 aromatic heterocycles. The van der Waals surface area contributed by atoms with Gasteiger partial charge < -0.3 is 14.6 Å². The summed E-state index contributed by atoms with van der Waals surface area (Å²) >= 11 is 0. The molecule has 0 spiro atoms. The van der Waals surface area contributed by atoms with Gasteiger partial charge in [-0.1, -0.05) is 0 Å². The molecule has 1 aliphatic rings. The van der Waals surface area contributed by atoms with Gasteiger partial charge in [0.2, 0.25) is 0 Å². The molecule has 2 heterocycles. The van der Waals surface area contributed by atoms with Gasteiger partial charge in [-0.05, 0) is 36.6 Å². The zero-order valence-electron chi connectivity index (χ0n) is 12.1. The SMILES string of the molecule is COC(=O)Nc1cc(C)c2c(c1)N(Cc1cnc[nH]1)CC2. The van der Waals surface area contributed by atoms with E-state index < -0.39 is 6.09 Å². The smallest absolute Gasteiger partial charge is 0.411 e. The first-order valence-corrected chi connectivity index (χ1v) is 6.88. The molecule has 0 aliphatic carbocycles. The number of aromatic amines is 1. The zero-order valence-corrected chi connectivity index (χ0v) is 12.1. The summed E-state index contributed by atoms with van der Waals surface area (Å²) < 4.78 is 4.65. The highest BCUT2D eigenvalue weighted by Crippen LogP contribution is 2.34. The van der Waals surface area contributed by atoms with Crippen molar-refractivity contribution in [3.63, 3.8) is 0 Å². The summed E-state index contributed by atoms with van der Waals surface area (Å²) in [7, 11) is 1.36. The van der Waals surface area contributed by atoms with E-state index in [1.54, 1.807) is 6.33 Å². The molecule has 0 bridgehead atoms. The van der Waals surface area contributed by atoms with E-state index in [1.165, 1.54) is 18.2 Å². The van der Waals surface area contributed by atoms with Crippen molar-refractivity contribution >= 4 is 17.5 Å². The van der Waals surface area contributed by atoms with Gasteiger partial charge >= 0.3 is 6.09 Å². The monoisotopic (exact) mass is 286 g/mol. The van der Waals surface area contributed by atoms with Crippen molar-refractivity contribution in [2.24, 2.45) is 0 Å². The molecule has 2 aromatic rings. The van der Waals surface area contributed by atoms with E-state index in [9.17, 15) is 4.79 Å². The number of carbonyl (C=O) groups is 1. The fourth-order valence-electron chi connectivity index (χ4n) is 2.76. The van der Waals surface area contributed by atoms with E-state index in [1.807, 2.05) is 18.3 Å². The van der Waals surface area contributed by atoms with Gasteiger partial charge in [0.1, 0.15) is 0 Å². The first kappa shape index (κ1) is 13.5. The summed E-state index contributed by atoms with van der Waals surface area (Å²) in [4.78, 5) is 20.8. The predicted molar refractivity (Wildman–Crippen MR) is 80.5 cm³/mol. The van der Waals surface area contributed by atoms with Gasteiger partial charge in [0.15, 0.2) is 0 Å². The molecule has 0 saturated heterocycles. The molecule has 1 amide bonds. The number of imidazole rings is 1. The van der Waals surface area contributed by atoms with Crippen LogP contribution < -0.4 is 10.2 Å². The van der Waals surface area contributed by atoms with Crippen molar-refractivity contribution < 1.29 is 9.53 Å². The summed E-state index contributed by atoms with van der Waals surface area (Å²) in [5.41, 5.74) is 5.52. The largest absolute Gasteiger partial charge is 0.453 e. The van der Waals surface area contributed by atoms with E-state index >= 15 is 0 Å². The van der Waals surface area contributed by atoms with Gasteiger partial charge in [0, 0.05) is 24.1 Å².